The lowest BCUT2D eigenvalue weighted by Crippen LogP contribution is -2.47. The normalized spacial score (nSPS) is 13.5. The van der Waals surface area contributed by atoms with Crippen molar-refractivity contribution in [3.05, 3.63) is 157 Å². The first kappa shape index (κ1) is 66.3. The van der Waals surface area contributed by atoms with Crippen LogP contribution in [0.1, 0.15) is 128 Å². The van der Waals surface area contributed by atoms with Crippen LogP contribution in [0.15, 0.2) is 171 Å². The van der Waals surface area contributed by atoms with Crippen LogP contribution in [0.25, 0.3) is 0 Å². The Balaban J connectivity index is 0. The molecule has 2 fully saturated rings. The van der Waals surface area contributed by atoms with Gasteiger partial charge < -0.3 is 24.2 Å². The molecule has 2 heterocycles. The fraction of sp³-hybridized carbons (Fsp3) is 0.458. The molecule has 7 rings (SSSR count). The standard InChI is InChI=1S/C13H19NO.C12H21NO5.2C12H10S.5C2H6/c1-13(15)7-9-14(10-8-13)11-12-5-3-2-4-6-12;1-4-16-10(14)13-8-6-12(3,7-9-13)18-11(15)17-5-2;2*1-3-7-11(8-4-1)13-12-9-5-2-6-10-12;5*1-2/h2-6,15H,7-11H2,1H3;4-9H2,1-3H3;2*1-10H;5*1-2H3. The van der Waals surface area contributed by atoms with Crippen LogP contribution in [0, 0.1) is 0 Å². The summed E-state index contributed by atoms with van der Waals surface area (Å²) in [6, 6.07) is 52.1. The minimum absolute atomic E-state index is 0.296. The van der Waals surface area contributed by atoms with Gasteiger partial charge in [-0.15, -0.1) is 0 Å². The number of carbonyl (C=O) groups excluding carboxylic acids is 2. The molecule has 2 saturated heterocycles. The molecule has 0 aliphatic carbocycles. The van der Waals surface area contributed by atoms with Crippen molar-refractivity contribution in [2.75, 3.05) is 39.4 Å². The molecule has 69 heavy (non-hydrogen) atoms. The molecular formula is C59H90N2O6S2. The molecule has 5 aromatic rings. The molecule has 0 bridgehead atoms. The molecule has 5 aromatic carbocycles. The van der Waals surface area contributed by atoms with Crippen LogP contribution in [-0.4, -0.2) is 77.7 Å². The van der Waals surface area contributed by atoms with Gasteiger partial charge in [0.2, 0.25) is 0 Å². The third-order valence-corrected chi connectivity index (χ3v) is 11.6. The second-order valence-corrected chi connectivity index (χ2v) is 16.9. The zero-order valence-corrected chi connectivity index (χ0v) is 46.5. The molecule has 8 nitrogen and oxygen atoms in total. The molecule has 384 valence electrons. The molecule has 0 aromatic heterocycles. The van der Waals surface area contributed by atoms with E-state index in [2.05, 4.69) is 126 Å². The Kier molecular flexibility index (Phi) is 41.6. The predicted molar refractivity (Wildman–Crippen MR) is 297 cm³/mol. The van der Waals surface area contributed by atoms with Gasteiger partial charge in [-0.2, -0.15) is 0 Å². The maximum Gasteiger partial charge on any atom is 0.508 e. The summed E-state index contributed by atoms with van der Waals surface area (Å²) in [5.41, 5.74) is 0.363. The molecule has 0 saturated carbocycles. The van der Waals surface area contributed by atoms with Crippen LogP contribution in [0.4, 0.5) is 9.59 Å². The maximum atomic E-state index is 11.5. The number of likely N-dealkylation sites (tertiary alicyclic amines) is 2. The van der Waals surface area contributed by atoms with Crippen molar-refractivity contribution in [2.24, 2.45) is 0 Å². The summed E-state index contributed by atoms with van der Waals surface area (Å²) in [5, 5.41) is 9.83. The SMILES string of the molecule is CC.CC.CC.CC.CC.CC1(O)CCN(Cc2ccccc2)CC1.CCOC(=O)OC1(C)CCN(C(=O)OCC)CC1.c1ccc(Sc2ccccc2)cc1.c1ccc(Sc2ccccc2)cc1. The molecule has 1 N–H and O–H groups in total. The molecular weight excluding hydrogens is 897 g/mol. The molecule has 0 unspecified atom stereocenters. The van der Waals surface area contributed by atoms with Crippen molar-refractivity contribution in [2.45, 2.75) is 160 Å². The van der Waals surface area contributed by atoms with Gasteiger partial charge in [-0.05, 0) is 94.6 Å². The van der Waals surface area contributed by atoms with Crippen molar-refractivity contribution in [1.82, 2.24) is 9.80 Å². The van der Waals surface area contributed by atoms with E-state index in [1.807, 2.05) is 113 Å². The van der Waals surface area contributed by atoms with Crippen LogP contribution in [0.2, 0.25) is 0 Å². The average molecular weight is 988 g/mol. The molecule has 0 radical (unpaired) electrons. The van der Waals surface area contributed by atoms with Gasteiger partial charge in [0.25, 0.3) is 0 Å². The van der Waals surface area contributed by atoms with Crippen LogP contribution in [0.5, 0.6) is 0 Å². The van der Waals surface area contributed by atoms with Crippen molar-refractivity contribution in [3.8, 4) is 0 Å². The fourth-order valence-electron chi connectivity index (χ4n) is 6.09. The largest absolute Gasteiger partial charge is 0.508 e. The van der Waals surface area contributed by atoms with E-state index < -0.39 is 17.4 Å². The smallest absolute Gasteiger partial charge is 0.450 e. The number of rotatable bonds is 9. The lowest BCUT2D eigenvalue weighted by Gasteiger charge is -2.37. The van der Waals surface area contributed by atoms with Gasteiger partial charge in [0.1, 0.15) is 5.60 Å². The Hall–Kier alpha value is -4.74. The third kappa shape index (κ3) is 31.9. The summed E-state index contributed by atoms with van der Waals surface area (Å²) in [6.45, 7) is 32.0. The van der Waals surface area contributed by atoms with E-state index in [0.29, 0.717) is 39.1 Å². The van der Waals surface area contributed by atoms with Gasteiger partial charge in [-0.1, -0.05) is 196 Å². The first-order valence-corrected chi connectivity index (χ1v) is 27.0. The van der Waals surface area contributed by atoms with Crippen molar-refractivity contribution >= 4 is 35.8 Å². The monoisotopic (exact) mass is 987 g/mol. The number of hydrogen-bond donors (Lipinski definition) is 1. The highest BCUT2D eigenvalue weighted by Crippen LogP contribution is 2.29. The lowest BCUT2D eigenvalue weighted by molar-refractivity contribution is -0.0534. The van der Waals surface area contributed by atoms with Crippen LogP contribution in [-0.2, 0) is 20.8 Å². The Bertz CT molecular complexity index is 1720. The lowest BCUT2D eigenvalue weighted by atomic mass is 9.93. The van der Waals surface area contributed by atoms with E-state index in [9.17, 15) is 14.7 Å². The fourth-order valence-corrected chi connectivity index (χ4v) is 7.81. The Morgan fingerprint density at radius 1 is 0.493 bits per heavy atom. The second-order valence-electron chi connectivity index (χ2n) is 14.6. The number of hydrogen-bond acceptors (Lipinski definition) is 9. The number of ether oxygens (including phenoxy) is 3. The highest BCUT2D eigenvalue weighted by Gasteiger charge is 2.36. The number of nitrogens with zero attached hydrogens (tertiary/aromatic N) is 2. The molecule has 2 aliphatic rings. The molecule has 0 atom stereocenters. The third-order valence-electron chi connectivity index (χ3n) is 9.57. The van der Waals surface area contributed by atoms with E-state index in [1.54, 1.807) is 42.3 Å². The van der Waals surface area contributed by atoms with Gasteiger partial charge >= 0.3 is 12.2 Å². The minimum Gasteiger partial charge on any atom is -0.450 e. The number of aliphatic hydroxyl groups is 1. The van der Waals surface area contributed by atoms with Crippen LogP contribution >= 0.6 is 23.5 Å². The summed E-state index contributed by atoms with van der Waals surface area (Å²) in [4.78, 5) is 32.0. The van der Waals surface area contributed by atoms with E-state index >= 15 is 0 Å². The van der Waals surface area contributed by atoms with Crippen molar-refractivity contribution in [1.29, 1.82) is 0 Å². The highest BCUT2D eigenvalue weighted by atomic mass is 32.2. The van der Waals surface area contributed by atoms with E-state index in [-0.39, 0.29) is 6.09 Å². The van der Waals surface area contributed by atoms with E-state index in [4.69, 9.17) is 14.2 Å². The summed E-state index contributed by atoms with van der Waals surface area (Å²) in [5.74, 6) is 0. The first-order valence-electron chi connectivity index (χ1n) is 25.4. The Morgan fingerprint density at radius 3 is 1.13 bits per heavy atom. The maximum absolute atomic E-state index is 11.5. The quantitative estimate of drug-likeness (QED) is 0.145. The van der Waals surface area contributed by atoms with Gasteiger partial charge in [-0.25, -0.2) is 9.59 Å². The predicted octanol–water partition coefficient (Wildman–Crippen LogP) is 17.0. The number of amides is 1. The second kappa shape index (κ2) is 43.3. The number of carbonyl (C=O) groups is 2. The molecule has 0 spiro atoms. The van der Waals surface area contributed by atoms with E-state index in [1.165, 1.54) is 25.1 Å². The molecule has 10 heteroatoms. The summed E-state index contributed by atoms with van der Waals surface area (Å²) in [7, 11) is 0. The Morgan fingerprint density at radius 2 is 0.812 bits per heavy atom. The highest BCUT2D eigenvalue weighted by molar-refractivity contribution is 7.99. The van der Waals surface area contributed by atoms with Crippen molar-refractivity contribution < 1.29 is 28.9 Å². The zero-order valence-electron chi connectivity index (χ0n) is 44.9. The number of benzene rings is 5. The summed E-state index contributed by atoms with van der Waals surface area (Å²) < 4.78 is 14.9. The minimum atomic E-state index is -0.649. The zero-order chi connectivity index (χ0) is 52.2. The van der Waals surface area contributed by atoms with Crippen LogP contribution < -0.4 is 0 Å². The van der Waals surface area contributed by atoms with Crippen molar-refractivity contribution in [3.63, 3.8) is 0 Å². The summed E-state index contributed by atoms with van der Waals surface area (Å²) >= 11 is 3.58. The number of piperidine rings is 2. The van der Waals surface area contributed by atoms with Crippen LogP contribution in [0.3, 0.4) is 0 Å². The summed E-state index contributed by atoms with van der Waals surface area (Å²) in [6.07, 6.45) is 2.00. The van der Waals surface area contributed by atoms with Gasteiger partial charge in [-0.3, -0.25) is 4.90 Å². The van der Waals surface area contributed by atoms with Gasteiger partial charge in [0, 0.05) is 65.1 Å². The average Bonchev–Trinajstić information content (AvgIpc) is 3.40. The molecule has 1 amide bonds. The Labute approximate surface area is 429 Å². The topological polar surface area (TPSA) is 88.5 Å². The first-order chi connectivity index (χ1) is 33.6. The van der Waals surface area contributed by atoms with E-state index in [0.717, 1.165) is 32.5 Å². The molecule has 2 aliphatic heterocycles. The van der Waals surface area contributed by atoms with Gasteiger partial charge in [0.05, 0.1) is 18.8 Å². The van der Waals surface area contributed by atoms with Gasteiger partial charge in [0.15, 0.2) is 0 Å².